The summed E-state index contributed by atoms with van der Waals surface area (Å²) in [5, 5.41) is 2.36. The summed E-state index contributed by atoms with van der Waals surface area (Å²) < 4.78 is 0. The fourth-order valence-electron chi connectivity index (χ4n) is 3.40. The normalized spacial score (nSPS) is 15.9. The zero-order chi connectivity index (χ0) is 15.4. The number of benzene rings is 2. The van der Waals surface area contributed by atoms with E-state index in [1.807, 2.05) is 23.1 Å². The third-order valence-corrected chi connectivity index (χ3v) is 4.85. The van der Waals surface area contributed by atoms with E-state index in [0.29, 0.717) is 5.92 Å². The first-order valence-electron chi connectivity index (χ1n) is 8.13. The molecule has 1 aliphatic rings. The summed E-state index contributed by atoms with van der Waals surface area (Å²) in [6.45, 7) is 0.796. The Hall–Kier alpha value is -1.54. The standard InChI is InChI=1S/C19H22ClNO/c20-13-19(22)21(14-15-6-2-1-3-7-15)18-11-10-16-8-4-5-9-17(16)12-18/h4-5,8-12,15H,1-3,6-7,13-14H2. The fraction of sp³-hybridized carbons (Fsp3) is 0.421. The van der Waals surface area contributed by atoms with Gasteiger partial charge in [-0.25, -0.2) is 0 Å². The van der Waals surface area contributed by atoms with Crippen LogP contribution in [0.25, 0.3) is 10.8 Å². The van der Waals surface area contributed by atoms with Gasteiger partial charge in [0.1, 0.15) is 5.88 Å². The molecule has 2 nitrogen and oxygen atoms in total. The Morgan fingerprint density at radius 1 is 1.05 bits per heavy atom. The van der Waals surface area contributed by atoms with Crippen LogP contribution >= 0.6 is 11.6 Å². The number of amides is 1. The average molecular weight is 316 g/mol. The van der Waals surface area contributed by atoms with Gasteiger partial charge in [-0.1, -0.05) is 49.6 Å². The van der Waals surface area contributed by atoms with Crippen molar-refractivity contribution in [2.24, 2.45) is 5.92 Å². The Morgan fingerprint density at radius 2 is 1.77 bits per heavy atom. The van der Waals surface area contributed by atoms with Gasteiger partial charge in [0.25, 0.3) is 0 Å². The van der Waals surface area contributed by atoms with E-state index in [1.165, 1.54) is 37.5 Å². The molecule has 116 valence electrons. The molecule has 0 atom stereocenters. The van der Waals surface area contributed by atoms with Crippen LogP contribution in [0.2, 0.25) is 0 Å². The fourth-order valence-corrected chi connectivity index (χ4v) is 3.54. The Kier molecular flexibility index (Phi) is 4.99. The largest absolute Gasteiger partial charge is 0.311 e. The van der Waals surface area contributed by atoms with Gasteiger partial charge in [-0.05, 0) is 41.7 Å². The van der Waals surface area contributed by atoms with Crippen molar-refractivity contribution in [1.82, 2.24) is 0 Å². The van der Waals surface area contributed by atoms with Gasteiger partial charge in [0.15, 0.2) is 0 Å². The SMILES string of the molecule is O=C(CCl)N(CC1CCCCC1)c1ccc2ccccc2c1. The minimum atomic E-state index is 0.00233. The van der Waals surface area contributed by atoms with Crippen molar-refractivity contribution in [3.63, 3.8) is 0 Å². The lowest BCUT2D eigenvalue weighted by molar-refractivity contribution is -0.116. The molecule has 3 heteroatoms. The van der Waals surface area contributed by atoms with E-state index >= 15 is 0 Å². The molecule has 0 saturated heterocycles. The molecule has 3 rings (SSSR count). The maximum Gasteiger partial charge on any atom is 0.241 e. The lowest BCUT2D eigenvalue weighted by Gasteiger charge is -2.29. The molecule has 2 aromatic carbocycles. The zero-order valence-electron chi connectivity index (χ0n) is 12.8. The third-order valence-electron chi connectivity index (χ3n) is 4.63. The molecule has 1 aliphatic carbocycles. The molecule has 0 spiro atoms. The van der Waals surface area contributed by atoms with Crippen molar-refractivity contribution >= 4 is 34.0 Å². The molecule has 0 N–H and O–H groups in total. The lowest BCUT2D eigenvalue weighted by atomic mass is 9.89. The number of rotatable bonds is 4. The molecule has 1 fully saturated rings. The van der Waals surface area contributed by atoms with Crippen molar-refractivity contribution in [2.45, 2.75) is 32.1 Å². The number of anilines is 1. The molecule has 2 aromatic rings. The van der Waals surface area contributed by atoms with Gasteiger partial charge in [0, 0.05) is 12.2 Å². The Bertz CT molecular complexity index is 649. The Balaban J connectivity index is 1.87. The van der Waals surface area contributed by atoms with Gasteiger partial charge in [-0.15, -0.1) is 11.6 Å². The van der Waals surface area contributed by atoms with Crippen LogP contribution < -0.4 is 4.90 Å². The summed E-state index contributed by atoms with van der Waals surface area (Å²) in [5.74, 6) is 0.648. The van der Waals surface area contributed by atoms with Gasteiger partial charge < -0.3 is 4.90 Å². The summed E-state index contributed by atoms with van der Waals surface area (Å²) >= 11 is 5.84. The topological polar surface area (TPSA) is 20.3 Å². The first-order valence-corrected chi connectivity index (χ1v) is 8.66. The molecule has 0 heterocycles. The van der Waals surface area contributed by atoms with Crippen molar-refractivity contribution in [1.29, 1.82) is 0 Å². The van der Waals surface area contributed by atoms with Crippen LogP contribution in [0.1, 0.15) is 32.1 Å². The van der Waals surface area contributed by atoms with Crippen molar-refractivity contribution < 1.29 is 4.79 Å². The smallest absolute Gasteiger partial charge is 0.241 e. The van der Waals surface area contributed by atoms with Gasteiger partial charge in [-0.3, -0.25) is 4.79 Å². The number of hydrogen-bond donors (Lipinski definition) is 0. The highest BCUT2D eigenvalue weighted by Gasteiger charge is 2.21. The van der Waals surface area contributed by atoms with Crippen LogP contribution in [-0.4, -0.2) is 18.3 Å². The summed E-state index contributed by atoms with van der Waals surface area (Å²) in [6, 6.07) is 14.5. The highest BCUT2D eigenvalue weighted by Crippen LogP contribution is 2.28. The molecule has 1 saturated carbocycles. The monoisotopic (exact) mass is 315 g/mol. The van der Waals surface area contributed by atoms with E-state index in [-0.39, 0.29) is 11.8 Å². The molecule has 0 bridgehead atoms. The summed E-state index contributed by atoms with van der Waals surface area (Å²) in [6.07, 6.45) is 6.34. The molecular weight excluding hydrogens is 294 g/mol. The second-order valence-corrected chi connectivity index (χ2v) is 6.44. The first-order chi connectivity index (χ1) is 10.8. The van der Waals surface area contributed by atoms with Crippen LogP contribution in [0.3, 0.4) is 0 Å². The van der Waals surface area contributed by atoms with Crippen molar-refractivity contribution in [2.75, 3.05) is 17.3 Å². The van der Waals surface area contributed by atoms with Gasteiger partial charge >= 0.3 is 0 Å². The molecule has 1 amide bonds. The van der Waals surface area contributed by atoms with E-state index in [9.17, 15) is 4.79 Å². The summed E-state index contributed by atoms with van der Waals surface area (Å²) in [7, 11) is 0. The van der Waals surface area contributed by atoms with Crippen LogP contribution in [0, 0.1) is 5.92 Å². The molecule has 0 unspecified atom stereocenters. The predicted octanol–water partition coefficient (Wildman–Crippen LogP) is 4.99. The quantitative estimate of drug-likeness (QED) is 0.728. The maximum absolute atomic E-state index is 12.3. The molecule has 22 heavy (non-hydrogen) atoms. The first kappa shape index (κ1) is 15.4. The maximum atomic E-state index is 12.3. The lowest BCUT2D eigenvalue weighted by Crippen LogP contribution is -2.36. The van der Waals surface area contributed by atoms with E-state index in [4.69, 9.17) is 11.6 Å². The average Bonchev–Trinajstić information content (AvgIpc) is 2.59. The number of fused-ring (bicyclic) bond motifs is 1. The summed E-state index contributed by atoms with van der Waals surface area (Å²) in [4.78, 5) is 14.2. The highest BCUT2D eigenvalue weighted by atomic mass is 35.5. The minimum absolute atomic E-state index is 0.00233. The molecular formula is C19H22ClNO. The molecule has 0 radical (unpaired) electrons. The summed E-state index contributed by atoms with van der Waals surface area (Å²) in [5.41, 5.74) is 0.968. The van der Waals surface area contributed by atoms with Crippen LogP contribution in [0.5, 0.6) is 0 Å². The predicted molar refractivity (Wildman–Crippen MR) is 93.6 cm³/mol. The van der Waals surface area contributed by atoms with E-state index in [1.54, 1.807) is 0 Å². The second kappa shape index (κ2) is 7.15. The number of halogens is 1. The van der Waals surface area contributed by atoms with Crippen LogP contribution in [0.4, 0.5) is 5.69 Å². The van der Waals surface area contributed by atoms with Crippen LogP contribution in [-0.2, 0) is 4.79 Å². The number of carbonyl (C=O) groups excluding carboxylic acids is 1. The Labute approximate surface area is 137 Å². The van der Waals surface area contributed by atoms with E-state index in [2.05, 4.69) is 24.3 Å². The van der Waals surface area contributed by atoms with Crippen molar-refractivity contribution in [3.8, 4) is 0 Å². The zero-order valence-corrected chi connectivity index (χ0v) is 13.6. The Morgan fingerprint density at radius 3 is 2.50 bits per heavy atom. The molecule has 0 aliphatic heterocycles. The minimum Gasteiger partial charge on any atom is -0.311 e. The van der Waals surface area contributed by atoms with Crippen molar-refractivity contribution in [3.05, 3.63) is 42.5 Å². The van der Waals surface area contributed by atoms with E-state index in [0.717, 1.165) is 17.6 Å². The van der Waals surface area contributed by atoms with Crippen LogP contribution in [0.15, 0.2) is 42.5 Å². The second-order valence-electron chi connectivity index (χ2n) is 6.17. The number of hydrogen-bond acceptors (Lipinski definition) is 1. The molecule has 0 aromatic heterocycles. The van der Waals surface area contributed by atoms with Gasteiger partial charge in [0.05, 0.1) is 0 Å². The highest BCUT2D eigenvalue weighted by molar-refractivity contribution is 6.29. The third kappa shape index (κ3) is 3.44. The number of nitrogens with zero attached hydrogens (tertiary/aromatic N) is 1. The van der Waals surface area contributed by atoms with Gasteiger partial charge in [-0.2, -0.15) is 0 Å². The van der Waals surface area contributed by atoms with E-state index < -0.39 is 0 Å². The van der Waals surface area contributed by atoms with Gasteiger partial charge in [0.2, 0.25) is 5.91 Å². The number of alkyl halides is 1. The number of carbonyl (C=O) groups is 1.